The van der Waals surface area contributed by atoms with Gasteiger partial charge in [-0.25, -0.2) is 12.7 Å². The highest BCUT2D eigenvalue weighted by molar-refractivity contribution is 7.89. The van der Waals surface area contributed by atoms with Crippen LogP contribution in [0.3, 0.4) is 0 Å². The molecule has 0 aliphatic carbocycles. The predicted octanol–water partition coefficient (Wildman–Crippen LogP) is 3.58. The van der Waals surface area contributed by atoms with Gasteiger partial charge in [-0.2, -0.15) is 0 Å². The number of aryl methyl sites for hydroxylation is 1. The molecule has 2 aromatic rings. The molecule has 1 atom stereocenters. The Kier molecular flexibility index (Phi) is 8.04. The molecule has 4 rings (SSSR count). The van der Waals surface area contributed by atoms with Crippen molar-refractivity contribution in [1.29, 1.82) is 0 Å². The lowest BCUT2D eigenvalue weighted by atomic mass is 9.98. The Morgan fingerprint density at radius 2 is 1.64 bits per heavy atom. The van der Waals surface area contributed by atoms with Gasteiger partial charge in [-0.15, -0.1) is 0 Å². The molecule has 0 spiro atoms. The number of piperidine rings is 1. The maximum atomic E-state index is 12.9. The van der Waals surface area contributed by atoms with Crippen LogP contribution in [-0.4, -0.2) is 50.6 Å². The Hall–Kier alpha value is -2.38. The Morgan fingerprint density at radius 1 is 0.909 bits per heavy atom. The molecule has 2 aliphatic heterocycles. The fourth-order valence-corrected chi connectivity index (χ4v) is 6.36. The van der Waals surface area contributed by atoms with Crippen molar-refractivity contribution in [2.75, 3.05) is 36.8 Å². The fourth-order valence-electron chi connectivity index (χ4n) is 4.78. The average molecular weight is 470 g/mol. The third-order valence-corrected chi connectivity index (χ3v) is 8.66. The van der Waals surface area contributed by atoms with Crippen molar-refractivity contribution in [2.45, 2.75) is 45.1 Å². The summed E-state index contributed by atoms with van der Waals surface area (Å²) in [6, 6.07) is 18.3. The predicted molar refractivity (Wildman–Crippen MR) is 133 cm³/mol. The van der Waals surface area contributed by atoms with Crippen molar-refractivity contribution in [3.63, 3.8) is 0 Å². The van der Waals surface area contributed by atoms with Crippen molar-refractivity contribution >= 4 is 21.6 Å². The molecule has 2 heterocycles. The highest BCUT2D eigenvalue weighted by atomic mass is 32.2. The Bertz CT molecular complexity index is 1000. The molecule has 178 valence electrons. The second kappa shape index (κ2) is 11.2. The van der Waals surface area contributed by atoms with Crippen LogP contribution < -0.4 is 10.2 Å². The molecule has 2 saturated heterocycles. The van der Waals surface area contributed by atoms with Crippen LogP contribution in [0, 0.1) is 5.92 Å². The van der Waals surface area contributed by atoms with Crippen molar-refractivity contribution < 1.29 is 13.2 Å². The molecule has 0 saturated carbocycles. The van der Waals surface area contributed by atoms with Crippen molar-refractivity contribution in [2.24, 2.45) is 5.92 Å². The van der Waals surface area contributed by atoms with E-state index in [4.69, 9.17) is 0 Å². The zero-order valence-electron chi connectivity index (χ0n) is 19.3. The summed E-state index contributed by atoms with van der Waals surface area (Å²) in [6.45, 7) is 3.50. The molecule has 1 unspecified atom stereocenters. The highest BCUT2D eigenvalue weighted by Crippen LogP contribution is 2.22. The van der Waals surface area contributed by atoms with Crippen LogP contribution in [0.5, 0.6) is 0 Å². The van der Waals surface area contributed by atoms with E-state index in [1.165, 1.54) is 22.8 Å². The first-order chi connectivity index (χ1) is 16.0. The molecule has 0 bridgehead atoms. The van der Waals surface area contributed by atoms with Crippen molar-refractivity contribution in [1.82, 2.24) is 9.62 Å². The highest BCUT2D eigenvalue weighted by Gasteiger charge is 2.31. The van der Waals surface area contributed by atoms with Gasteiger partial charge in [0, 0.05) is 38.4 Å². The van der Waals surface area contributed by atoms with E-state index >= 15 is 0 Å². The van der Waals surface area contributed by atoms with Crippen LogP contribution in [0.15, 0.2) is 54.6 Å². The molecule has 33 heavy (non-hydrogen) atoms. The molecule has 2 fully saturated rings. The molecule has 1 amide bonds. The van der Waals surface area contributed by atoms with E-state index in [1.54, 1.807) is 0 Å². The first-order valence-corrected chi connectivity index (χ1v) is 13.8. The molecular formula is C26H35N3O3S. The van der Waals surface area contributed by atoms with E-state index < -0.39 is 10.0 Å². The minimum Gasteiger partial charge on any atom is -0.372 e. The van der Waals surface area contributed by atoms with Crippen molar-refractivity contribution in [3.8, 4) is 0 Å². The van der Waals surface area contributed by atoms with Gasteiger partial charge in [0.1, 0.15) is 0 Å². The summed E-state index contributed by atoms with van der Waals surface area (Å²) >= 11 is 0. The number of rotatable bonds is 9. The number of hydrogen-bond donors (Lipinski definition) is 1. The normalized spacial score (nSPS) is 19.5. The number of amides is 1. The van der Waals surface area contributed by atoms with Gasteiger partial charge in [0.25, 0.3) is 0 Å². The Balaban J connectivity index is 1.24. The van der Waals surface area contributed by atoms with Crippen LogP contribution in [0.25, 0.3) is 0 Å². The van der Waals surface area contributed by atoms with E-state index in [1.807, 2.05) is 30.3 Å². The lowest BCUT2D eigenvalue weighted by Gasteiger charge is -2.31. The van der Waals surface area contributed by atoms with Gasteiger partial charge < -0.3 is 10.2 Å². The molecule has 2 aliphatic rings. The number of carbonyl (C=O) groups is 1. The SMILES string of the molecule is O=C(NCc1ccc(N2CCCC2)cc1)C1CCCN(S(=O)(=O)CCCc2ccccc2)C1. The maximum Gasteiger partial charge on any atom is 0.224 e. The molecular weight excluding hydrogens is 434 g/mol. The number of sulfonamides is 1. The summed E-state index contributed by atoms with van der Waals surface area (Å²) in [5.74, 6) is -0.214. The van der Waals surface area contributed by atoms with Gasteiger partial charge >= 0.3 is 0 Å². The van der Waals surface area contributed by atoms with E-state index in [2.05, 4.69) is 34.5 Å². The number of carbonyl (C=O) groups excluding carboxylic acids is 1. The molecule has 7 heteroatoms. The average Bonchev–Trinajstić information content (AvgIpc) is 3.39. The fraction of sp³-hybridized carbons (Fsp3) is 0.500. The monoisotopic (exact) mass is 469 g/mol. The van der Waals surface area contributed by atoms with Crippen LogP contribution in [-0.2, 0) is 27.8 Å². The van der Waals surface area contributed by atoms with Crippen LogP contribution in [0.4, 0.5) is 5.69 Å². The third kappa shape index (κ3) is 6.58. The second-order valence-electron chi connectivity index (χ2n) is 9.18. The topological polar surface area (TPSA) is 69.7 Å². The quantitative estimate of drug-likeness (QED) is 0.610. The van der Waals surface area contributed by atoms with Gasteiger partial charge in [0.15, 0.2) is 0 Å². The van der Waals surface area contributed by atoms with Crippen LogP contribution >= 0.6 is 0 Å². The third-order valence-electron chi connectivity index (χ3n) is 6.73. The van der Waals surface area contributed by atoms with Crippen molar-refractivity contribution in [3.05, 3.63) is 65.7 Å². The van der Waals surface area contributed by atoms with Gasteiger partial charge in [-0.1, -0.05) is 42.5 Å². The summed E-state index contributed by atoms with van der Waals surface area (Å²) in [6.07, 6.45) is 5.29. The van der Waals surface area contributed by atoms with E-state index in [9.17, 15) is 13.2 Å². The minimum atomic E-state index is -3.35. The van der Waals surface area contributed by atoms with Gasteiger partial charge in [-0.3, -0.25) is 4.79 Å². The first-order valence-electron chi connectivity index (χ1n) is 12.1. The van der Waals surface area contributed by atoms with E-state index in [-0.39, 0.29) is 24.1 Å². The second-order valence-corrected chi connectivity index (χ2v) is 11.3. The standard InChI is InChI=1S/C26H35N3O3S/c30-26(27-20-23-12-14-25(15-13-23)28-16-4-5-17-28)24-11-6-18-29(21-24)33(31,32)19-7-10-22-8-2-1-3-9-22/h1-3,8-9,12-15,24H,4-7,10-11,16-21H2,(H,27,30). The zero-order valence-corrected chi connectivity index (χ0v) is 20.1. The van der Waals surface area contributed by atoms with Gasteiger partial charge in [0.05, 0.1) is 11.7 Å². The smallest absolute Gasteiger partial charge is 0.224 e. The molecule has 0 aromatic heterocycles. The summed E-state index contributed by atoms with van der Waals surface area (Å²) in [4.78, 5) is 15.2. The number of hydrogen-bond acceptors (Lipinski definition) is 4. The van der Waals surface area contributed by atoms with Crippen LogP contribution in [0.2, 0.25) is 0 Å². The largest absolute Gasteiger partial charge is 0.372 e. The Labute approximate surface area is 198 Å². The van der Waals surface area contributed by atoms with Gasteiger partial charge in [0.2, 0.25) is 15.9 Å². The minimum absolute atomic E-state index is 0.0530. The van der Waals surface area contributed by atoms with E-state index in [0.29, 0.717) is 19.5 Å². The van der Waals surface area contributed by atoms with Gasteiger partial charge in [-0.05, 0) is 61.8 Å². The summed E-state index contributed by atoms with van der Waals surface area (Å²) in [5.41, 5.74) is 3.45. The zero-order chi connectivity index (χ0) is 23.1. The number of nitrogens with one attached hydrogen (secondary N) is 1. The maximum absolute atomic E-state index is 12.9. The summed E-state index contributed by atoms with van der Waals surface area (Å²) < 4.78 is 27.2. The Morgan fingerprint density at radius 3 is 2.36 bits per heavy atom. The first kappa shape index (κ1) is 23.8. The number of anilines is 1. The molecule has 1 N–H and O–H groups in total. The number of benzene rings is 2. The van der Waals surface area contributed by atoms with Crippen LogP contribution in [0.1, 0.15) is 43.2 Å². The molecule has 0 radical (unpaired) electrons. The summed E-state index contributed by atoms with van der Waals surface area (Å²) in [7, 11) is -3.35. The summed E-state index contributed by atoms with van der Waals surface area (Å²) in [5, 5.41) is 3.02. The molecule has 6 nitrogen and oxygen atoms in total. The van der Waals surface area contributed by atoms with E-state index in [0.717, 1.165) is 43.5 Å². The number of nitrogens with zero attached hydrogens (tertiary/aromatic N) is 2. The molecule has 2 aromatic carbocycles. The lowest BCUT2D eigenvalue weighted by Crippen LogP contribution is -2.46. The lowest BCUT2D eigenvalue weighted by molar-refractivity contribution is -0.126.